The molecule has 0 heterocycles. The predicted octanol–water partition coefficient (Wildman–Crippen LogP) is 3.00. The smallest absolute Gasteiger partial charge is 0.450 e. The van der Waals surface area contributed by atoms with Crippen LogP contribution in [0.2, 0.25) is 0 Å². The van der Waals surface area contributed by atoms with Crippen LogP contribution in [0.1, 0.15) is 18.4 Å². The van der Waals surface area contributed by atoms with Gasteiger partial charge in [-0.2, -0.15) is 0 Å². The van der Waals surface area contributed by atoms with Crippen molar-refractivity contribution in [1.29, 1.82) is 0 Å². The second kappa shape index (κ2) is 5.34. The van der Waals surface area contributed by atoms with Crippen molar-refractivity contribution in [3.63, 3.8) is 0 Å². The molecule has 0 radical (unpaired) electrons. The van der Waals surface area contributed by atoms with E-state index < -0.39 is 6.16 Å². The third-order valence-corrected chi connectivity index (χ3v) is 2.13. The maximum atomic E-state index is 12.4. The van der Waals surface area contributed by atoms with Crippen LogP contribution in [0, 0.1) is 11.7 Å². The van der Waals surface area contributed by atoms with Gasteiger partial charge in [-0.25, -0.2) is 9.18 Å². The average molecular weight is 212 g/mol. The SMILES string of the molecule is Fc1ccc(CC2CC2)cc1.O=C(O)O. The van der Waals surface area contributed by atoms with E-state index in [1.807, 2.05) is 12.1 Å². The van der Waals surface area contributed by atoms with Crippen molar-refractivity contribution in [2.45, 2.75) is 19.3 Å². The minimum Gasteiger partial charge on any atom is -0.450 e. The van der Waals surface area contributed by atoms with Crippen molar-refractivity contribution in [3.05, 3.63) is 35.6 Å². The highest BCUT2D eigenvalue weighted by atomic mass is 19.1. The van der Waals surface area contributed by atoms with Gasteiger partial charge < -0.3 is 10.2 Å². The summed E-state index contributed by atoms with van der Waals surface area (Å²) in [6.07, 6.45) is 2.02. The molecule has 0 unspecified atom stereocenters. The Hall–Kier alpha value is -1.58. The van der Waals surface area contributed by atoms with Gasteiger partial charge >= 0.3 is 6.16 Å². The van der Waals surface area contributed by atoms with E-state index in [9.17, 15) is 4.39 Å². The van der Waals surface area contributed by atoms with Crippen molar-refractivity contribution in [2.75, 3.05) is 0 Å². The normalized spacial score (nSPS) is 13.9. The number of hydrogen-bond acceptors (Lipinski definition) is 1. The lowest BCUT2D eigenvalue weighted by Crippen LogP contribution is -1.86. The Kier molecular flexibility index (Phi) is 4.09. The average Bonchev–Trinajstić information content (AvgIpc) is 2.92. The van der Waals surface area contributed by atoms with E-state index in [0.29, 0.717) is 0 Å². The molecule has 1 aromatic carbocycles. The number of carboxylic acid groups (broad SMARTS) is 2. The van der Waals surface area contributed by atoms with Gasteiger partial charge in [0.15, 0.2) is 0 Å². The van der Waals surface area contributed by atoms with Crippen molar-refractivity contribution in [2.24, 2.45) is 5.92 Å². The fourth-order valence-electron chi connectivity index (χ4n) is 1.28. The topological polar surface area (TPSA) is 57.5 Å². The van der Waals surface area contributed by atoms with Crippen LogP contribution in [0.3, 0.4) is 0 Å². The standard InChI is InChI=1S/C10H11F.CH2O3/c11-10-5-3-9(4-6-10)7-8-1-2-8;2-1(3)4/h3-6,8H,1-2,7H2;(H2,2,3,4). The molecule has 2 rings (SSSR count). The van der Waals surface area contributed by atoms with E-state index >= 15 is 0 Å². The summed E-state index contributed by atoms with van der Waals surface area (Å²) >= 11 is 0. The van der Waals surface area contributed by atoms with Crippen LogP contribution in [-0.2, 0) is 6.42 Å². The van der Waals surface area contributed by atoms with Gasteiger partial charge in [0.05, 0.1) is 0 Å². The molecule has 82 valence electrons. The molecule has 4 heteroatoms. The van der Waals surface area contributed by atoms with E-state index in [2.05, 4.69) is 0 Å². The van der Waals surface area contributed by atoms with Gasteiger partial charge in [0.2, 0.25) is 0 Å². The molecule has 1 aliphatic carbocycles. The molecule has 1 aliphatic rings. The van der Waals surface area contributed by atoms with Crippen LogP contribution >= 0.6 is 0 Å². The zero-order valence-corrected chi connectivity index (χ0v) is 8.19. The summed E-state index contributed by atoms with van der Waals surface area (Å²) in [4.78, 5) is 8.56. The van der Waals surface area contributed by atoms with Gasteiger partial charge in [-0.05, 0) is 42.9 Å². The first-order chi connectivity index (χ1) is 7.08. The molecule has 3 nitrogen and oxygen atoms in total. The largest absolute Gasteiger partial charge is 0.503 e. The summed E-state index contributed by atoms with van der Waals surface area (Å²) in [5, 5.41) is 13.9. The van der Waals surface area contributed by atoms with Gasteiger partial charge in [0, 0.05) is 0 Å². The molecular weight excluding hydrogens is 199 g/mol. The summed E-state index contributed by atoms with van der Waals surface area (Å²) in [7, 11) is 0. The van der Waals surface area contributed by atoms with Gasteiger partial charge in [0.25, 0.3) is 0 Å². The highest BCUT2D eigenvalue weighted by Crippen LogP contribution is 2.32. The Morgan fingerprint density at radius 2 is 1.73 bits per heavy atom. The molecule has 15 heavy (non-hydrogen) atoms. The Bertz CT molecular complexity index is 313. The first-order valence-electron chi connectivity index (χ1n) is 4.74. The minimum absolute atomic E-state index is 0.135. The quantitative estimate of drug-likeness (QED) is 0.792. The van der Waals surface area contributed by atoms with Crippen LogP contribution in [0.4, 0.5) is 9.18 Å². The lowest BCUT2D eigenvalue weighted by molar-refractivity contribution is 0.137. The molecular formula is C11H13FO3. The highest BCUT2D eigenvalue weighted by Gasteiger charge is 2.20. The minimum atomic E-state index is -1.83. The molecule has 1 fully saturated rings. The number of benzene rings is 1. The van der Waals surface area contributed by atoms with Crippen molar-refractivity contribution in [3.8, 4) is 0 Å². The Labute approximate surface area is 87.2 Å². The predicted molar refractivity (Wildman–Crippen MR) is 53.5 cm³/mol. The fourth-order valence-corrected chi connectivity index (χ4v) is 1.28. The zero-order valence-electron chi connectivity index (χ0n) is 8.19. The number of rotatable bonds is 2. The molecule has 0 amide bonds. The molecule has 0 aliphatic heterocycles. The number of carbonyl (C=O) groups is 1. The summed E-state index contributed by atoms with van der Waals surface area (Å²) in [5.74, 6) is 0.755. The highest BCUT2D eigenvalue weighted by molar-refractivity contribution is 5.53. The van der Waals surface area contributed by atoms with Gasteiger partial charge in [-0.3, -0.25) is 0 Å². The zero-order chi connectivity index (χ0) is 11.3. The molecule has 0 atom stereocenters. The van der Waals surface area contributed by atoms with Crippen LogP contribution in [-0.4, -0.2) is 16.4 Å². The molecule has 0 bridgehead atoms. The molecule has 0 saturated heterocycles. The van der Waals surface area contributed by atoms with Crippen molar-refractivity contribution >= 4 is 6.16 Å². The Morgan fingerprint density at radius 3 is 2.13 bits per heavy atom. The molecule has 0 spiro atoms. The molecule has 1 aromatic rings. The van der Waals surface area contributed by atoms with Crippen molar-refractivity contribution in [1.82, 2.24) is 0 Å². The lowest BCUT2D eigenvalue weighted by Gasteiger charge is -1.97. The fraction of sp³-hybridized carbons (Fsp3) is 0.364. The van der Waals surface area contributed by atoms with Crippen LogP contribution in [0.25, 0.3) is 0 Å². The number of halogens is 1. The van der Waals surface area contributed by atoms with Gasteiger partial charge in [-0.15, -0.1) is 0 Å². The summed E-state index contributed by atoms with van der Waals surface area (Å²) in [6, 6.07) is 6.84. The van der Waals surface area contributed by atoms with E-state index in [4.69, 9.17) is 15.0 Å². The summed E-state index contributed by atoms with van der Waals surface area (Å²) < 4.78 is 12.4. The van der Waals surface area contributed by atoms with E-state index in [1.54, 1.807) is 0 Å². The first kappa shape index (κ1) is 11.5. The summed E-state index contributed by atoms with van der Waals surface area (Å²) in [6.45, 7) is 0. The molecule has 2 N–H and O–H groups in total. The third kappa shape index (κ3) is 5.67. The monoisotopic (exact) mass is 212 g/mol. The van der Waals surface area contributed by atoms with Crippen LogP contribution in [0.5, 0.6) is 0 Å². The lowest BCUT2D eigenvalue weighted by atomic mass is 10.1. The van der Waals surface area contributed by atoms with Crippen LogP contribution in [0.15, 0.2) is 24.3 Å². The van der Waals surface area contributed by atoms with Gasteiger partial charge in [0.1, 0.15) is 5.82 Å². The second-order valence-electron chi connectivity index (χ2n) is 3.56. The van der Waals surface area contributed by atoms with Gasteiger partial charge in [-0.1, -0.05) is 12.1 Å². The van der Waals surface area contributed by atoms with E-state index in [-0.39, 0.29) is 5.82 Å². The maximum Gasteiger partial charge on any atom is 0.503 e. The second-order valence-corrected chi connectivity index (χ2v) is 3.56. The molecule has 0 aromatic heterocycles. The van der Waals surface area contributed by atoms with E-state index in [0.717, 1.165) is 12.3 Å². The first-order valence-corrected chi connectivity index (χ1v) is 4.74. The van der Waals surface area contributed by atoms with E-state index in [1.165, 1.54) is 30.5 Å². The maximum absolute atomic E-state index is 12.4. The molecule has 1 saturated carbocycles. The number of hydrogen-bond donors (Lipinski definition) is 2. The third-order valence-electron chi connectivity index (χ3n) is 2.13. The van der Waals surface area contributed by atoms with Crippen LogP contribution < -0.4 is 0 Å². The van der Waals surface area contributed by atoms with Crippen molar-refractivity contribution < 1.29 is 19.4 Å². The Morgan fingerprint density at radius 1 is 1.27 bits per heavy atom. The summed E-state index contributed by atoms with van der Waals surface area (Å²) in [5.41, 5.74) is 1.27. The Balaban J connectivity index is 0.000000245.